The molecule has 28 heavy (non-hydrogen) atoms. The van der Waals surface area contributed by atoms with Crippen LogP contribution in [-0.4, -0.2) is 27.6 Å². The lowest BCUT2D eigenvalue weighted by molar-refractivity contribution is -0.0999. The molecule has 0 radical (unpaired) electrons. The van der Waals surface area contributed by atoms with Gasteiger partial charge in [-0.2, -0.15) is 13.2 Å². The van der Waals surface area contributed by atoms with Crippen LogP contribution in [0.3, 0.4) is 0 Å². The molecule has 0 bridgehead atoms. The van der Waals surface area contributed by atoms with Gasteiger partial charge < -0.3 is 4.74 Å². The van der Waals surface area contributed by atoms with Crippen LogP contribution in [0.4, 0.5) is 18.9 Å². The number of alkyl halides is 3. The van der Waals surface area contributed by atoms with Gasteiger partial charge in [-0.3, -0.25) is 14.7 Å². The average Bonchev–Trinajstić information content (AvgIpc) is 3.06. The minimum absolute atomic E-state index is 0.0361. The van der Waals surface area contributed by atoms with Crippen molar-refractivity contribution in [3.05, 3.63) is 66.7 Å². The molecule has 3 rings (SSSR count). The van der Waals surface area contributed by atoms with Crippen LogP contribution >= 0.6 is 0 Å². The molecule has 0 aliphatic rings. The maximum Gasteiger partial charge on any atom is 0.482 e. The number of allylic oxidation sites excluding steroid dienone is 2. The van der Waals surface area contributed by atoms with E-state index in [1.54, 1.807) is 53.9 Å². The van der Waals surface area contributed by atoms with Crippen LogP contribution in [-0.2, 0) is 0 Å². The van der Waals surface area contributed by atoms with Crippen molar-refractivity contribution in [2.45, 2.75) is 13.2 Å². The zero-order valence-corrected chi connectivity index (χ0v) is 14.8. The van der Waals surface area contributed by atoms with E-state index in [-0.39, 0.29) is 11.7 Å². The van der Waals surface area contributed by atoms with Gasteiger partial charge in [0.1, 0.15) is 5.76 Å². The Morgan fingerprint density at radius 3 is 2.50 bits per heavy atom. The molecule has 1 N–H and O–H groups in total. The third-order valence-corrected chi connectivity index (χ3v) is 3.71. The van der Waals surface area contributed by atoms with Crippen LogP contribution < -0.4 is 10.1 Å². The summed E-state index contributed by atoms with van der Waals surface area (Å²) in [6.45, 7) is 5.16. The number of aromatic nitrogens is 3. The second-order valence-corrected chi connectivity index (χ2v) is 5.62. The molecule has 2 aromatic heterocycles. The number of rotatable bonds is 6. The lowest BCUT2D eigenvalue weighted by Crippen LogP contribution is -2.20. The monoisotopic (exact) mass is 387 g/mol. The number of benzene rings is 1. The second-order valence-electron chi connectivity index (χ2n) is 5.62. The van der Waals surface area contributed by atoms with E-state index in [0.717, 1.165) is 11.1 Å². The first-order valence-electron chi connectivity index (χ1n) is 8.16. The van der Waals surface area contributed by atoms with Crippen molar-refractivity contribution >= 4 is 18.1 Å². The molecule has 3 aromatic rings. The van der Waals surface area contributed by atoms with E-state index < -0.39 is 6.30 Å². The molecule has 144 valence electrons. The number of anilines is 1. The van der Waals surface area contributed by atoms with E-state index in [1.165, 1.54) is 23.6 Å². The van der Waals surface area contributed by atoms with Gasteiger partial charge >= 0.3 is 12.3 Å². The van der Waals surface area contributed by atoms with Crippen LogP contribution in [0, 0.1) is 0 Å². The number of ether oxygens (including phenoxy) is 1. The zero-order chi connectivity index (χ0) is 20.1. The Morgan fingerprint density at radius 2 is 1.86 bits per heavy atom. The molecule has 0 unspecified atom stereocenters. The smallest absolute Gasteiger partial charge is 0.424 e. The number of hydrogen-bond acceptors (Lipinski definition) is 5. The first-order chi connectivity index (χ1) is 13.4. The van der Waals surface area contributed by atoms with Crippen LogP contribution in [0.25, 0.3) is 16.8 Å². The van der Waals surface area contributed by atoms with Gasteiger partial charge in [-0.1, -0.05) is 17.2 Å². The van der Waals surface area contributed by atoms with Gasteiger partial charge in [0.25, 0.3) is 0 Å². The molecule has 0 fully saturated rings. The minimum Gasteiger partial charge on any atom is -0.424 e. The third-order valence-electron chi connectivity index (χ3n) is 3.71. The Morgan fingerprint density at radius 1 is 1.14 bits per heavy atom. The molecular formula is C19H16F3N5O. The Hall–Kier alpha value is -3.62. The molecule has 0 spiro atoms. The summed E-state index contributed by atoms with van der Waals surface area (Å²) in [6, 6.07) is 9.70. The van der Waals surface area contributed by atoms with E-state index in [9.17, 15) is 13.2 Å². The van der Waals surface area contributed by atoms with Gasteiger partial charge in [-0.15, -0.1) is 5.10 Å². The molecule has 0 aliphatic heterocycles. The number of hydrogen-bond donors (Lipinski definition) is 1. The molecular weight excluding hydrogens is 371 g/mol. The van der Waals surface area contributed by atoms with Gasteiger partial charge in [0.05, 0.1) is 0 Å². The third kappa shape index (κ3) is 4.56. The van der Waals surface area contributed by atoms with Crippen molar-refractivity contribution in [3.8, 4) is 17.1 Å². The summed E-state index contributed by atoms with van der Waals surface area (Å²) < 4.78 is 44.6. The van der Waals surface area contributed by atoms with Gasteiger partial charge in [-0.25, -0.2) is 0 Å². The number of pyridine rings is 1. The molecule has 6 nitrogen and oxygen atoms in total. The van der Waals surface area contributed by atoms with Gasteiger partial charge in [-0.05, 0) is 61.2 Å². The highest BCUT2D eigenvalue weighted by molar-refractivity contribution is 5.67. The average molecular weight is 387 g/mol. The van der Waals surface area contributed by atoms with Crippen molar-refractivity contribution in [1.82, 2.24) is 14.6 Å². The second kappa shape index (κ2) is 7.95. The van der Waals surface area contributed by atoms with Gasteiger partial charge in [0.15, 0.2) is 5.65 Å². The quantitative estimate of drug-likeness (QED) is 0.285. The summed E-state index contributed by atoms with van der Waals surface area (Å²) in [6.07, 6.45) is 2.12. The lowest BCUT2D eigenvalue weighted by atomic mass is 10.1. The van der Waals surface area contributed by atoms with Crippen molar-refractivity contribution in [2.75, 3.05) is 5.32 Å². The molecule has 2 heterocycles. The van der Waals surface area contributed by atoms with Crippen LogP contribution in [0.1, 0.15) is 6.92 Å². The molecule has 0 aliphatic carbocycles. The molecule has 0 saturated heterocycles. The predicted octanol–water partition coefficient (Wildman–Crippen LogP) is 4.82. The van der Waals surface area contributed by atoms with Gasteiger partial charge in [0, 0.05) is 18.1 Å². The van der Waals surface area contributed by atoms with E-state index in [0.29, 0.717) is 11.4 Å². The molecule has 1 aromatic carbocycles. The van der Waals surface area contributed by atoms with E-state index in [2.05, 4.69) is 21.9 Å². The summed E-state index contributed by atoms with van der Waals surface area (Å²) in [5.74, 6) is 0.509. The first kappa shape index (κ1) is 19.2. The number of fused-ring (bicyclic) bond motifs is 1. The SMILES string of the molecule is C=N/C=C\C(=C/C)Oc1nnc2ccc(-c3ccc(NC(F)(F)F)cc3)cn12. The summed E-state index contributed by atoms with van der Waals surface area (Å²) in [7, 11) is 0. The molecule has 9 heteroatoms. The zero-order valence-electron chi connectivity index (χ0n) is 14.8. The van der Waals surface area contributed by atoms with Crippen molar-refractivity contribution in [2.24, 2.45) is 4.99 Å². The fourth-order valence-corrected chi connectivity index (χ4v) is 2.44. The van der Waals surface area contributed by atoms with Crippen LogP contribution in [0.5, 0.6) is 6.01 Å². The number of aliphatic imine (C=N–C) groups is 1. The topological polar surface area (TPSA) is 63.8 Å². The maximum absolute atomic E-state index is 12.4. The Kier molecular flexibility index (Phi) is 5.44. The predicted molar refractivity (Wildman–Crippen MR) is 101 cm³/mol. The maximum atomic E-state index is 12.4. The standard InChI is InChI=1S/C19H16F3N5O/c1-3-16(10-11-23-2)28-18-26-25-17-9-6-14(12-27(17)18)13-4-7-15(8-5-13)24-19(20,21)22/h3-12,24H,2H2,1H3/b11-10-,16-3+. The van der Waals surface area contributed by atoms with E-state index in [4.69, 9.17) is 4.74 Å². The summed E-state index contributed by atoms with van der Waals surface area (Å²) in [5.41, 5.74) is 2.03. The fraction of sp³-hybridized carbons (Fsp3) is 0.105. The fourth-order valence-electron chi connectivity index (χ4n) is 2.44. The molecule has 0 atom stereocenters. The van der Waals surface area contributed by atoms with Crippen LogP contribution in [0.2, 0.25) is 0 Å². The highest BCUT2D eigenvalue weighted by Gasteiger charge is 2.26. The Labute approximate surface area is 158 Å². The highest BCUT2D eigenvalue weighted by Crippen LogP contribution is 2.26. The molecule has 0 amide bonds. The minimum atomic E-state index is -4.48. The van der Waals surface area contributed by atoms with Crippen molar-refractivity contribution < 1.29 is 17.9 Å². The normalized spacial score (nSPS) is 12.5. The lowest BCUT2D eigenvalue weighted by Gasteiger charge is -2.10. The summed E-state index contributed by atoms with van der Waals surface area (Å²) >= 11 is 0. The molecule has 0 saturated carbocycles. The number of halogens is 3. The van der Waals surface area contributed by atoms with Crippen molar-refractivity contribution in [3.63, 3.8) is 0 Å². The van der Waals surface area contributed by atoms with Gasteiger partial charge in [0.2, 0.25) is 0 Å². The van der Waals surface area contributed by atoms with E-state index in [1.807, 2.05) is 0 Å². The van der Waals surface area contributed by atoms with E-state index >= 15 is 0 Å². The Balaban J connectivity index is 1.89. The first-order valence-corrected chi connectivity index (χ1v) is 8.16. The van der Waals surface area contributed by atoms with Crippen molar-refractivity contribution in [1.29, 1.82) is 0 Å². The largest absolute Gasteiger partial charge is 0.482 e. The number of nitrogens with zero attached hydrogens (tertiary/aromatic N) is 4. The van der Waals surface area contributed by atoms with Crippen LogP contribution in [0.15, 0.2) is 71.7 Å². The Bertz CT molecular complexity index is 1040. The highest BCUT2D eigenvalue weighted by atomic mass is 19.4. The summed E-state index contributed by atoms with van der Waals surface area (Å²) in [4.78, 5) is 3.63. The number of nitrogens with one attached hydrogen (secondary N) is 1. The summed E-state index contributed by atoms with van der Waals surface area (Å²) in [5, 5.41) is 9.53.